The molecule has 0 radical (unpaired) electrons. The van der Waals surface area contributed by atoms with Gasteiger partial charge in [-0.1, -0.05) is 13.8 Å². The minimum Gasteiger partial charge on any atom is -0.384 e. The van der Waals surface area contributed by atoms with E-state index in [9.17, 15) is 0 Å². The Kier molecular flexibility index (Phi) is 4.39. The number of hydrogen-bond donors (Lipinski definition) is 1. The molecule has 1 rings (SSSR count). The first kappa shape index (κ1) is 11.5. The van der Waals surface area contributed by atoms with E-state index in [4.69, 9.17) is 0 Å². The number of aryl methyl sites for hydroxylation is 1. The van der Waals surface area contributed by atoms with Crippen molar-refractivity contribution in [2.24, 2.45) is 5.92 Å². The van der Waals surface area contributed by atoms with Crippen molar-refractivity contribution >= 4 is 21.6 Å². The molecule has 0 fully saturated rings. The number of anilines is 1. The van der Waals surface area contributed by atoms with E-state index in [-0.39, 0.29) is 0 Å². The molecule has 1 heterocycles. The molecular formula is C11H17BrN2. The summed E-state index contributed by atoms with van der Waals surface area (Å²) in [7, 11) is 0. The van der Waals surface area contributed by atoms with Gasteiger partial charge in [-0.05, 0) is 46.8 Å². The lowest BCUT2D eigenvalue weighted by atomic mass is 10.1. The molecule has 78 valence electrons. The van der Waals surface area contributed by atoms with Crippen LogP contribution >= 0.6 is 15.9 Å². The summed E-state index contributed by atoms with van der Waals surface area (Å²) in [5.74, 6) is 0.743. The normalized spacial score (nSPS) is 10.6. The highest BCUT2D eigenvalue weighted by Gasteiger charge is 1.98. The minimum absolute atomic E-state index is 0.743. The average Bonchev–Trinajstić information content (AvgIpc) is 2.10. The standard InChI is InChI=1S/C11H17BrN2/c1-8(2)4-5-13-10-6-9(3)11(12)14-7-10/h6-8,13H,4-5H2,1-3H3. The zero-order chi connectivity index (χ0) is 10.6. The van der Waals surface area contributed by atoms with E-state index in [1.54, 1.807) is 0 Å². The number of halogens is 1. The van der Waals surface area contributed by atoms with Gasteiger partial charge in [-0.15, -0.1) is 0 Å². The van der Waals surface area contributed by atoms with E-state index in [0.29, 0.717) is 0 Å². The molecule has 0 saturated heterocycles. The molecule has 1 N–H and O–H groups in total. The predicted molar refractivity (Wildman–Crippen MR) is 64.6 cm³/mol. The summed E-state index contributed by atoms with van der Waals surface area (Å²) in [4.78, 5) is 4.23. The summed E-state index contributed by atoms with van der Waals surface area (Å²) >= 11 is 3.38. The number of nitrogens with one attached hydrogen (secondary N) is 1. The number of hydrogen-bond acceptors (Lipinski definition) is 2. The number of aromatic nitrogens is 1. The molecule has 0 bridgehead atoms. The van der Waals surface area contributed by atoms with Crippen molar-refractivity contribution < 1.29 is 0 Å². The molecule has 0 unspecified atom stereocenters. The van der Waals surface area contributed by atoms with Gasteiger partial charge in [-0.25, -0.2) is 4.98 Å². The van der Waals surface area contributed by atoms with Crippen LogP contribution in [-0.2, 0) is 0 Å². The highest BCUT2D eigenvalue weighted by atomic mass is 79.9. The maximum Gasteiger partial charge on any atom is 0.109 e. The molecule has 2 nitrogen and oxygen atoms in total. The van der Waals surface area contributed by atoms with Crippen LogP contribution < -0.4 is 5.32 Å². The third-order valence-corrected chi connectivity index (χ3v) is 2.90. The second-order valence-corrected chi connectivity index (χ2v) is 4.69. The Morgan fingerprint density at radius 1 is 1.50 bits per heavy atom. The van der Waals surface area contributed by atoms with Gasteiger partial charge in [-0.2, -0.15) is 0 Å². The smallest absolute Gasteiger partial charge is 0.109 e. The molecule has 3 heteroatoms. The fourth-order valence-electron chi connectivity index (χ4n) is 1.16. The Morgan fingerprint density at radius 2 is 2.21 bits per heavy atom. The van der Waals surface area contributed by atoms with Crippen LogP contribution in [0.1, 0.15) is 25.8 Å². The maximum absolute atomic E-state index is 4.23. The number of rotatable bonds is 4. The SMILES string of the molecule is Cc1cc(NCCC(C)C)cnc1Br. The Hall–Kier alpha value is -0.570. The van der Waals surface area contributed by atoms with Gasteiger partial charge < -0.3 is 5.32 Å². The van der Waals surface area contributed by atoms with Crippen molar-refractivity contribution in [2.45, 2.75) is 27.2 Å². The second-order valence-electron chi connectivity index (χ2n) is 3.94. The van der Waals surface area contributed by atoms with Crippen molar-refractivity contribution in [3.8, 4) is 0 Å². The predicted octanol–water partition coefficient (Wildman–Crippen LogP) is 3.61. The number of nitrogens with zero attached hydrogens (tertiary/aromatic N) is 1. The van der Waals surface area contributed by atoms with Crippen LogP contribution in [-0.4, -0.2) is 11.5 Å². The molecule has 0 spiro atoms. The van der Waals surface area contributed by atoms with Gasteiger partial charge in [0.2, 0.25) is 0 Å². The van der Waals surface area contributed by atoms with Crippen LogP contribution in [0.2, 0.25) is 0 Å². The van der Waals surface area contributed by atoms with Gasteiger partial charge in [0.15, 0.2) is 0 Å². The van der Waals surface area contributed by atoms with Crippen molar-refractivity contribution in [1.29, 1.82) is 0 Å². The first-order valence-corrected chi connectivity index (χ1v) is 5.75. The molecule has 0 aliphatic heterocycles. The summed E-state index contributed by atoms with van der Waals surface area (Å²) in [5.41, 5.74) is 2.27. The molecule has 1 aromatic rings. The van der Waals surface area contributed by atoms with Gasteiger partial charge in [-0.3, -0.25) is 0 Å². The van der Waals surface area contributed by atoms with Crippen LogP contribution in [0.15, 0.2) is 16.9 Å². The Labute approximate surface area is 94.3 Å². The Morgan fingerprint density at radius 3 is 2.79 bits per heavy atom. The molecule has 0 aliphatic rings. The highest BCUT2D eigenvalue weighted by molar-refractivity contribution is 9.10. The average molecular weight is 257 g/mol. The van der Waals surface area contributed by atoms with Crippen LogP contribution in [0.25, 0.3) is 0 Å². The lowest BCUT2D eigenvalue weighted by Gasteiger charge is -2.08. The molecule has 1 aromatic heterocycles. The quantitative estimate of drug-likeness (QED) is 0.833. The van der Waals surface area contributed by atoms with Crippen molar-refractivity contribution in [1.82, 2.24) is 4.98 Å². The summed E-state index contributed by atoms with van der Waals surface area (Å²) < 4.78 is 0.923. The van der Waals surface area contributed by atoms with Gasteiger partial charge in [0, 0.05) is 6.54 Å². The molecule has 0 atom stereocenters. The monoisotopic (exact) mass is 256 g/mol. The van der Waals surface area contributed by atoms with E-state index in [2.05, 4.69) is 46.1 Å². The largest absolute Gasteiger partial charge is 0.384 e. The first-order valence-electron chi connectivity index (χ1n) is 4.95. The van der Waals surface area contributed by atoms with Gasteiger partial charge in [0.05, 0.1) is 11.9 Å². The molecule has 0 saturated carbocycles. The van der Waals surface area contributed by atoms with Crippen LogP contribution in [0.3, 0.4) is 0 Å². The van der Waals surface area contributed by atoms with Crippen LogP contribution in [0, 0.1) is 12.8 Å². The Bertz CT molecular complexity index is 297. The third-order valence-electron chi connectivity index (χ3n) is 2.07. The fraction of sp³-hybridized carbons (Fsp3) is 0.545. The van der Waals surface area contributed by atoms with Gasteiger partial charge >= 0.3 is 0 Å². The lowest BCUT2D eigenvalue weighted by Crippen LogP contribution is -2.05. The topological polar surface area (TPSA) is 24.9 Å². The third kappa shape index (κ3) is 3.66. The minimum atomic E-state index is 0.743. The Balaban J connectivity index is 2.47. The zero-order valence-corrected chi connectivity index (χ0v) is 10.6. The van der Waals surface area contributed by atoms with E-state index < -0.39 is 0 Å². The summed E-state index contributed by atoms with van der Waals surface area (Å²) in [5, 5.41) is 3.36. The van der Waals surface area contributed by atoms with Crippen molar-refractivity contribution in [2.75, 3.05) is 11.9 Å². The van der Waals surface area contributed by atoms with Gasteiger partial charge in [0.25, 0.3) is 0 Å². The van der Waals surface area contributed by atoms with Crippen LogP contribution in [0.5, 0.6) is 0 Å². The van der Waals surface area contributed by atoms with E-state index in [1.165, 1.54) is 12.0 Å². The number of pyridine rings is 1. The van der Waals surface area contributed by atoms with Crippen molar-refractivity contribution in [3.05, 3.63) is 22.4 Å². The second kappa shape index (κ2) is 5.35. The summed E-state index contributed by atoms with van der Waals surface area (Å²) in [6.45, 7) is 7.52. The zero-order valence-electron chi connectivity index (χ0n) is 8.97. The van der Waals surface area contributed by atoms with Gasteiger partial charge in [0.1, 0.15) is 4.60 Å². The lowest BCUT2D eigenvalue weighted by molar-refractivity contribution is 0.607. The van der Waals surface area contributed by atoms with Crippen LogP contribution in [0.4, 0.5) is 5.69 Å². The van der Waals surface area contributed by atoms with E-state index in [0.717, 1.165) is 22.8 Å². The van der Waals surface area contributed by atoms with E-state index >= 15 is 0 Å². The molecule has 0 amide bonds. The maximum atomic E-state index is 4.23. The molecule has 14 heavy (non-hydrogen) atoms. The first-order chi connectivity index (χ1) is 6.59. The summed E-state index contributed by atoms with van der Waals surface area (Å²) in [6.07, 6.45) is 3.05. The summed E-state index contributed by atoms with van der Waals surface area (Å²) in [6, 6.07) is 2.11. The highest BCUT2D eigenvalue weighted by Crippen LogP contribution is 2.16. The molecule has 0 aromatic carbocycles. The van der Waals surface area contributed by atoms with Crippen molar-refractivity contribution in [3.63, 3.8) is 0 Å². The fourth-order valence-corrected chi connectivity index (χ4v) is 1.38. The molecule has 0 aliphatic carbocycles. The molecular weight excluding hydrogens is 240 g/mol. The van der Waals surface area contributed by atoms with E-state index in [1.807, 2.05) is 13.1 Å².